The fourth-order valence-corrected chi connectivity index (χ4v) is 0.768. The molecule has 1 atom stereocenters. The molecule has 0 spiro atoms. The normalized spacial score (nSPS) is 12.0. The van der Waals surface area contributed by atoms with Crippen molar-refractivity contribution in [2.24, 2.45) is 5.73 Å². The average Bonchev–Trinajstić information content (AvgIpc) is 2.12. The molecule has 2 amide bonds. The van der Waals surface area contributed by atoms with Crippen molar-refractivity contribution >= 4 is 23.8 Å². The minimum Gasteiger partial charge on any atom is -0.480 e. The predicted octanol–water partition coefficient (Wildman–Crippen LogP) is -1.93. The van der Waals surface area contributed by atoms with Crippen LogP contribution in [0.15, 0.2) is 12.2 Å². The van der Waals surface area contributed by atoms with Crippen LogP contribution in [0.25, 0.3) is 0 Å². The Bertz CT molecular complexity index is 348. The van der Waals surface area contributed by atoms with E-state index >= 15 is 0 Å². The van der Waals surface area contributed by atoms with Gasteiger partial charge in [0.1, 0.15) is 6.04 Å². The van der Waals surface area contributed by atoms with Crippen LogP contribution >= 0.6 is 0 Å². The molecular formula is C8H10N2O6. The Morgan fingerprint density at radius 2 is 1.75 bits per heavy atom. The maximum Gasteiger partial charge on any atom is 0.328 e. The second kappa shape index (κ2) is 6.17. The summed E-state index contributed by atoms with van der Waals surface area (Å²) in [4.78, 5) is 42.0. The van der Waals surface area contributed by atoms with Gasteiger partial charge in [0.25, 0.3) is 0 Å². The summed E-state index contributed by atoms with van der Waals surface area (Å²) in [6.07, 6.45) is 0.611. The van der Waals surface area contributed by atoms with Gasteiger partial charge in [-0.15, -0.1) is 0 Å². The van der Waals surface area contributed by atoms with E-state index in [1.807, 2.05) is 5.32 Å². The van der Waals surface area contributed by atoms with Gasteiger partial charge < -0.3 is 21.3 Å². The van der Waals surface area contributed by atoms with Gasteiger partial charge in [0.05, 0.1) is 6.42 Å². The summed E-state index contributed by atoms with van der Waals surface area (Å²) in [6, 6.07) is -1.47. The summed E-state index contributed by atoms with van der Waals surface area (Å²) >= 11 is 0. The molecule has 0 bridgehead atoms. The van der Waals surface area contributed by atoms with Gasteiger partial charge in [-0.2, -0.15) is 0 Å². The number of hydrogen-bond donors (Lipinski definition) is 4. The Balaban J connectivity index is 4.40. The van der Waals surface area contributed by atoms with Crippen LogP contribution < -0.4 is 11.1 Å². The summed E-state index contributed by atoms with van der Waals surface area (Å²) < 4.78 is 0. The SMILES string of the molecule is NC(=O)CC(NC(=O)/C=C/C(=O)O)C(=O)O. The number of primary amides is 1. The number of carbonyl (C=O) groups is 4. The number of carboxylic acids is 2. The first-order valence-electron chi connectivity index (χ1n) is 4.05. The van der Waals surface area contributed by atoms with E-state index < -0.39 is 36.2 Å². The Morgan fingerprint density at radius 3 is 2.12 bits per heavy atom. The molecule has 0 saturated heterocycles. The monoisotopic (exact) mass is 230 g/mol. The highest BCUT2D eigenvalue weighted by molar-refractivity contribution is 5.96. The standard InChI is InChI=1S/C8H10N2O6/c9-5(11)3-4(8(15)16)10-6(12)1-2-7(13)14/h1-2,4H,3H2,(H2,9,11)(H,10,12)(H,13,14)(H,15,16)/b2-1+. The number of nitrogens with two attached hydrogens (primary N) is 1. The summed E-state index contributed by atoms with van der Waals surface area (Å²) in [5, 5.41) is 18.7. The number of amides is 2. The number of rotatable bonds is 6. The van der Waals surface area contributed by atoms with E-state index in [-0.39, 0.29) is 0 Å². The number of hydrogen-bond acceptors (Lipinski definition) is 4. The Labute approximate surface area is 89.7 Å². The van der Waals surface area contributed by atoms with Gasteiger partial charge in [-0.3, -0.25) is 9.59 Å². The molecule has 0 aromatic rings. The fraction of sp³-hybridized carbons (Fsp3) is 0.250. The fourth-order valence-electron chi connectivity index (χ4n) is 0.768. The molecule has 16 heavy (non-hydrogen) atoms. The zero-order chi connectivity index (χ0) is 12.7. The van der Waals surface area contributed by atoms with Gasteiger partial charge in [0.2, 0.25) is 11.8 Å². The van der Waals surface area contributed by atoms with Crippen molar-refractivity contribution in [3.63, 3.8) is 0 Å². The minimum atomic E-state index is -1.47. The molecule has 0 aromatic carbocycles. The lowest BCUT2D eigenvalue weighted by Crippen LogP contribution is -2.42. The predicted molar refractivity (Wildman–Crippen MR) is 50.2 cm³/mol. The smallest absolute Gasteiger partial charge is 0.328 e. The van der Waals surface area contributed by atoms with Crippen LogP contribution in [0.2, 0.25) is 0 Å². The van der Waals surface area contributed by atoms with Crippen LogP contribution in [0.3, 0.4) is 0 Å². The first-order valence-corrected chi connectivity index (χ1v) is 4.05. The van der Waals surface area contributed by atoms with Crippen molar-refractivity contribution in [1.29, 1.82) is 0 Å². The highest BCUT2D eigenvalue weighted by Crippen LogP contribution is 1.92. The molecule has 0 heterocycles. The van der Waals surface area contributed by atoms with Gasteiger partial charge in [-0.1, -0.05) is 0 Å². The van der Waals surface area contributed by atoms with E-state index in [0.29, 0.717) is 12.2 Å². The van der Waals surface area contributed by atoms with Crippen LogP contribution in [-0.2, 0) is 19.2 Å². The lowest BCUT2D eigenvalue weighted by molar-refractivity contribution is -0.142. The Morgan fingerprint density at radius 1 is 1.19 bits per heavy atom. The molecule has 88 valence electrons. The minimum absolute atomic E-state index is 0.540. The summed E-state index contributed by atoms with van der Waals surface area (Å²) in [6.45, 7) is 0. The van der Waals surface area contributed by atoms with Gasteiger partial charge in [0.15, 0.2) is 0 Å². The second-order valence-corrected chi connectivity index (χ2v) is 2.74. The molecule has 8 nitrogen and oxygen atoms in total. The number of aliphatic carboxylic acids is 2. The molecule has 0 rings (SSSR count). The first-order chi connectivity index (χ1) is 7.32. The largest absolute Gasteiger partial charge is 0.480 e. The van der Waals surface area contributed by atoms with Crippen LogP contribution in [0.4, 0.5) is 0 Å². The summed E-state index contributed by atoms with van der Waals surface area (Å²) in [5.74, 6) is -4.61. The molecule has 0 aliphatic rings. The molecule has 0 aliphatic carbocycles. The third-order valence-corrected chi connectivity index (χ3v) is 1.40. The van der Waals surface area contributed by atoms with Gasteiger partial charge in [-0.05, 0) is 0 Å². The number of carboxylic acid groups (broad SMARTS) is 2. The van der Waals surface area contributed by atoms with Crippen molar-refractivity contribution in [2.75, 3.05) is 0 Å². The summed E-state index contributed by atoms with van der Waals surface area (Å²) in [7, 11) is 0. The van der Waals surface area contributed by atoms with E-state index in [1.165, 1.54) is 0 Å². The van der Waals surface area contributed by atoms with Crippen LogP contribution in [0.5, 0.6) is 0 Å². The molecule has 0 fully saturated rings. The van der Waals surface area contributed by atoms with E-state index in [4.69, 9.17) is 15.9 Å². The van der Waals surface area contributed by atoms with Crippen molar-refractivity contribution in [1.82, 2.24) is 5.32 Å². The third kappa shape index (κ3) is 6.13. The lowest BCUT2D eigenvalue weighted by Gasteiger charge is -2.10. The van der Waals surface area contributed by atoms with Crippen LogP contribution in [0, 0.1) is 0 Å². The maximum absolute atomic E-state index is 11.0. The van der Waals surface area contributed by atoms with Gasteiger partial charge in [-0.25, -0.2) is 9.59 Å². The van der Waals surface area contributed by atoms with E-state index in [2.05, 4.69) is 0 Å². The number of nitrogens with one attached hydrogen (secondary N) is 1. The zero-order valence-corrected chi connectivity index (χ0v) is 8.04. The number of carbonyl (C=O) groups excluding carboxylic acids is 2. The molecule has 0 aliphatic heterocycles. The van der Waals surface area contributed by atoms with Crippen LogP contribution in [-0.4, -0.2) is 40.0 Å². The van der Waals surface area contributed by atoms with E-state index in [0.717, 1.165) is 0 Å². The van der Waals surface area contributed by atoms with Gasteiger partial charge >= 0.3 is 11.9 Å². The second-order valence-electron chi connectivity index (χ2n) is 2.74. The molecule has 0 saturated carbocycles. The molecular weight excluding hydrogens is 220 g/mol. The third-order valence-electron chi connectivity index (χ3n) is 1.40. The van der Waals surface area contributed by atoms with Gasteiger partial charge in [0, 0.05) is 12.2 Å². The molecule has 8 heteroatoms. The lowest BCUT2D eigenvalue weighted by atomic mass is 10.2. The molecule has 5 N–H and O–H groups in total. The quantitative estimate of drug-likeness (QED) is 0.391. The first kappa shape index (κ1) is 13.6. The van der Waals surface area contributed by atoms with Crippen molar-refractivity contribution in [2.45, 2.75) is 12.5 Å². The maximum atomic E-state index is 11.0. The van der Waals surface area contributed by atoms with Crippen molar-refractivity contribution in [3.8, 4) is 0 Å². The van der Waals surface area contributed by atoms with E-state index in [1.54, 1.807) is 0 Å². The topological polar surface area (TPSA) is 147 Å². The highest BCUT2D eigenvalue weighted by atomic mass is 16.4. The van der Waals surface area contributed by atoms with Crippen LogP contribution in [0.1, 0.15) is 6.42 Å². The van der Waals surface area contributed by atoms with E-state index in [9.17, 15) is 19.2 Å². The van der Waals surface area contributed by atoms with Crippen molar-refractivity contribution in [3.05, 3.63) is 12.2 Å². The summed E-state index contributed by atoms with van der Waals surface area (Å²) in [5.41, 5.74) is 4.76. The zero-order valence-electron chi connectivity index (χ0n) is 8.04. The molecule has 0 aromatic heterocycles. The molecule has 0 radical (unpaired) electrons. The highest BCUT2D eigenvalue weighted by Gasteiger charge is 2.20. The Kier molecular flexibility index (Phi) is 5.25. The average molecular weight is 230 g/mol. The molecule has 1 unspecified atom stereocenters. The Hall–Kier alpha value is -2.38. The van der Waals surface area contributed by atoms with Crippen molar-refractivity contribution < 1.29 is 29.4 Å².